The highest BCUT2D eigenvalue weighted by molar-refractivity contribution is 8.00. The molecule has 1 aromatic carbocycles. The van der Waals surface area contributed by atoms with Crippen LogP contribution in [0.25, 0.3) is 0 Å². The summed E-state index contributed by atoms with van der Waals surface area (Å²) in [5, 5.41) is 19.7. The molecule has 7 atom stereocenters. The standard InChI is InChI=1S/C23H22N2O6S2/c26-10-5-3-9(4-6-10)14-15-11-8-12(18(15)32-20-19(14)33-23(31)24-20)17-16(11)21(29)25(22(17)30)7-1-2-13(27)28/h3-6,11-12,14-18,26H,1-2,7-8H2,(H,24,31)(H,27,28)/t11-,12+,14-,15+,16+,17+,18-/m1/s1. The molecule has 172 valence electrons. The number of phenols is 1. The van der Waals surface area contributed by atoms with Crippen molar-refractivity contribution in [1.82, 2.24) is 9.88 Å². The average molecular weight is 487 g/mol. The molecule has 2 aliphatic carbocycles. The Kier molecular flexibility index (Phi) is 4.74. The number of carbonyl (C=O) groups is 3. The maximum absolute atomic E-state index is 13.3. The predicted octanol–water partition coefficient (Wildman–Crippen LogP) is 2.48. The Bertz CT molecular complexity index is 1220. The van der Waals surface area contributed by atoms with E-state index in [0.717, 1.165) is 21.9 Å². The lowest BCUT2D eigenvalue weighted by Gasteiger charge is -2.43. The Balaban J connectivity index is 1.37. The Hall–Kier alpha value is -2.59. The third kappa shape index (κ3) is 3.03. The van der Waals surface area contributed by atoms with Crippen LogP contribution in [0.4, 0.5) is 0 Å². The molecule has 10 heteroatoms. The molecule has 33 heavy (non-hydrogen) atoms. The predicted molar refractivity (Wildman–Crippen MR) is 120 cm³/mol. The minimum Gasteiger partial charge on any atom is -0.508 e. The van der Waals surface area contributed by atoms with Gasteiger partial charge in [0.05, 0.1) is 16.9 Å². The van der Waals surface area contributed by atoms with Gasteiger partial charge in [0.15, 0.2) is 0 Å². The smallest absolute Gasteiger partial charge is 0.305 e. The van der Waals surface area contributed by atoms with E-state index in [0.29, 0.717) is 0 Å². The van der Waals surface area contributed by atoms with Crippen molar-refractivity contribution in [2.75, 3.05) is 6.54 Å². The van der Waals surface area contributed by atoms with Crippen LogP contribution in [0.2, 0.25) is 0 Å². The van der Waals surface area contributed by atoms with Crippen molar-refractivity contribution in [3.8, 4) is 5.75 Å². The third-order valence-corrected chi connectivity index (χ3v) is 10.4. The second-order valence-corrected chi connectivity index (χ2v) is 11.6. The van der Waals surface area contributed by atoms with E-state index in [1.807, 2.05) is 12.1 Å². The molecule has 1 saturated heterocycles. The summed E-state index contributed by atoms with van der Waals surface area (Å²) in [6, 6.07) is 7.05. The first kappa shape index (κ1) is 21.0. The number of carboxylic acids is 1. The number of benzene rings is 1. The van der Waals surface area contributed by atoms with Crippen LogP contribution in [0, 0.1) is 29.6 Å². The van der Waals surface area contributed by atoms with Gasteiger partial charge in [-0.1, -0.05) is 23.5 Å². The van der Waals surface area contributed by atoms with E-state index in [4.69, 9.17) is 5.11 Å². The number of aromatic nitrogens is 1. The quantitative estimate of drug-likeness (QED) is 0.554. The maximum atomic E-state index is 13.3. The second kappa shape index (κ2) is 7.46. The van der Waals surface area contributed by atoms with Gasteiger partial charge in [0.25, 0.3) is 0 Å². The number of hydrogen-bond acceptors (Lipinski definition) is 7. The Morgan fingerprint density at radius 2 is 1.79 bits per heavy atom. The SMILES string of the molecule is O=C(O)CCCN1C(=O)[C@H]2[C@@H]3C[C@@H]([C@@H]2C1=O)[C@H]1[C@@H](c2ccc(O)cc2)c2sc(=O)[nH]c2S[C@H]31. The number of aliphatic carboxylic acids is 1. The number of hydrogen-bond donors (Lipinski definition) is 3. The lowest BCUT2D eigenvalue weighted by atomic mass is 9.68. The van der Waals surface area contributed by atoms with Crippen molar-refractivity contribution >= 4 is 40.9 Å². The van der Waals surface area contributed by atoms with Gasteiger partial charge in [-0.2, -0.15) is 0 Å². The minimum atomic E-state index is -0.936. The molecule has 0 unspecified atom stereocenters. The highest BCUT2D eigenvalue weighted by Crippen LogP contribution is 2.68. The normalized spacial score (nSPS) is 33.8. The number of thioether (sulfide) groups is 1. The van der Waals surface area contributed by atoms with Crippen LogP contribution < -0.4 is 4.87 Å². The largest absolute Gasteiger partial charge is 0.508 e. The van der Waals surface area contributed by atoms with Gasteiger partial charge in [0, 0.05) is 29.0 Å². The zero-order chi connectivity index (χ0) is 23.0. The first-order chi connectivity index (χ1) is 15.8. The van der Waals surface area contributed by atoms with Gasteiger partial charge in [-0.25, -0.2) is 0 Å². The summed E-state index contributed by atoms with van der Waals surface area (Å²) in [6.07, 6.45) is 1.00. The molecular formula is C23H22N2O6S2. The van der Waals surface area contributed by atoms with Crippen LogP contribution in [-0.4, -0.2) is 49.7 Å². The van der Waals surface area contributed by atoms with Gasteiger partial charge in [0.1, 0.15) is 5.75 Å². The number of likely N-dealkylation sites (tertiary alicyclic amines) is 1. The molecule has 0 radical (unpaired) electrons. The fraction of sp³-hybridized carbons (Fsp3) is 0.478. The number of amides is 2. The summed E-state index contributed by atoms with van der Waals surface area (Å²) in [6.45, 7) is 0.154. The number of nitrogens with one attached hydrogen (secondary N) is 1. The summed E-state index contributed by atoms with van der Waals surface area (Å²) in [5.41, 5.74) is 0.999. The number of rotatable bonds is 5. The number of phenolic OH excluding ortho intramolecular Hbond substituents is 1. The van der Waals surface area contributed by atoms with E-state index in [1.165, 1.54) is 16.2 Å². The van der Waals surface area contributed by atoms with Crippen molar-refractivity contribution in [1.29, 1.82) is 0 Å². The molecule has 4 aliphatic rings. The third-order valence-electron chi connectivity index (χ3n) is 7.84. The molecule has 2 bridgehead atoms. The number of H-pyrrole nitrogens is 1. The summed E-state index contributed by atoms with van der Waals surface area (Å²) in [4.78, 5) is 54.8. The molecule has 3 heterocycles. The molecule has 0 spiro atoms. The molecule has 2 amide bonds. The van der Waals surface area contributed by atoms with Crippen LogP contribution in [0.3, 0.4) is 0 Å². The van der Waals surface area contributed by atoms with Gasteiger partial charge in [-0.05, 0) is 48.3 Å². The molecule has 8 nitrogen and oxygen atoms in total. The number of aromatic amines is 1. The van der Waals surface area contributed by atoms with Gasteiger partial charge in [0.2, 0.25) is 11.8 Å². The topological polar surface area (TPSA) is 128 Å². The zero-order valence-corrected chi connectivity index (χ0v) is 19.1. The molecule has 2 aliphatic heterocycles. The minimum absolute atomic E-state index is 0.0302. The average Bonchev–Trinajstić information content (AvgIpc) is 3.49. The van der Waals surface area contributed by atoms with Crippen molar-refractivity contribution < 1.29 is 24.6 Å². The monoisotopic (exact) mass is 486 g/mol. The maximum Gasteiger partial charge on any atom is 0.305 e. The molecule has 2 aromatic rings. The molecule has 1 aromatic heterocycles. The molecule has 3 N–H and O–H groups in total. The number of aromatic hydroxyl groups is 1. The van der Waals surface area contributed by atoms with Crippen LogP contribution >= 0.6 is 23.1 Å². The van der Waals surface area contributed by atoms with Crippen LogP contribution in [-0.2, 0) is 14.4 Å². The number of thiazole rings is 1. The highest BCUT2D eigenvalue weighted by Gasteiger charge is 2.69. The number of fused-ring (bicyclic) bond motifs is 9. The number of carboxylic acid groups (broad SMARTS) is 1. The molecule has 2 saturated carbocycles. The van der Waals surface area contributed by atoms with Crippen LogP contribution in [0.5, 0.6) is 5.75 Å². The van der Waals surface area contributed by atoms with Crippen molar-refractivity contribution in [2.45, 2.75) is 35.5 Å². The summed E-state index contributed by atoms with van der Waals surface area (Å²) in [7, 11) is 0. The van der Waals surface area contributed by atoms with Gasteiger partial charge >= 0.3 is 10.8 Å². The molecular weight excluding hydrogens is 464 g/mol. The highest BCUT2D eigenvalue weighted by atomic mass is 32.2. The summed E-state index contributed by atoms with van der Waals surface area (Å²) in [5.74, 6) is -1.69. The van der Waals surface area contributed by atoms with E-state index < -0.39 is 5.97 Å². The van der Waals surface area contributed by atoms with Crippen molar-refractivity contribution in [3.05, 3.63) is 44.4 Å². The first-order valence-electron chi connectivity index (χ1n) is 11.1. The first-order valence-corrected chi connectivity index (χ1v) is 12.8. The Morgan fingerprint density at radius 1 is 1.09 bits per heavy atom. The summed E-state index contributed by atoms with van der Waals surface area (Å²) < 4.78 is 0. The number of nitrogens with zero attached hydrogens (tertiary/aromatic N) is 1. The van der Waals surface area contributed by atoms with Crippen molar-refractivity contribution in [3.63, 3.8) is 0 Å². The molecule has 6 rings (SSSR count). The van der Waals surface area contributed by atoms with Gasteiger partial charge in [-0.15, -0.1) is 11.8 Å². The fourth-order valence-corrected chi connectivity index (χ4v) is 9.63. The second-order valence-electron chi connectivity index (χ2n) is 9.38. The lowest BCUT2D eigenvalue weighted by molar-refractivity contribution is -0.142. The fourth-order valence-electron chi connectivity index (χ4n) is 6.74. The zero-order valence-electron chi connectivity index (χ0n) is 17.5. The number of carbonyl (C=O) groups excluding carboxylic acids is 2. The number of imide groups is 1. The van der Waals surface area contributed by atoms with E-state index in [9.17, 15) is 24.3 Å². The van der Waals surface area contributed by atoms with Crippen LogP contribution in [0.1, 0.15) is 35.6 Å². The van der Waals surface area contributed by atoms with Gasteiger partial charge < -0.3 is 15.2 Å². The van der Waals surface area contributed by atoms with E-state index in [-0.39, 0.29) is 82.6 Å². The van der Waals surface area contributed by atoms with E-state index in [1.54, 1.807) is 23.9 Å². The van der Waals surface area contributed by atoms with Crippen molar-refractivity contribution in [2.24, 2.45) is 29.6 Å². The van der Waals surface area contributed by atoms with E-state index >= 15 is 0 Å². The van der Waals surface area contributed by atoms with Gasteiger partial charge in [-0.3, -0.25) is 24.1 Å². The lowest BCUT2D eigenvalue weighted by Crippen LogP contribution is -2.42. The summed E-state index contributed by atoms with van der Waals surface area (Å²) >= 11 is 2.84. The van der Waals surface area contributed by atoms with Crippen LogP contribution in [0.15, 0.2) is 34.1 Å². The molecule has 3 fully saturated rings. The van der Waals surface area contributed by atoms with E-state index in [2.05, 4.69) is 4.98 Å². The Morgan fingerprint density at radius 3 is 2.48 bits per heavy atom. The Labute approximate surface area is 197 Å².